The van der Waals surface area contributed by atoms with Crippen LogP contribution in [0.1, 0.15) is 18.4 Å². The summed E-state index contributed by atoms with van der Waals surface area (Å²) in [5.41, 5.74) is 0.525. The van der Waals surface area contributed by atoms with Crippen molar-refractivity contribution in [2.75, 3.05) is 24.2 Å². The number of thioether (sulfide) groups is 1. The number of aromatic nitrogens is 3. The molecule has 114 valence electrons. The Morgan fingerprint density at radius 1 is 1.41 bits per heavy atom. The second-order valence-electron chi connectivity index (χ2n) is 4.81. The molecule has 1 aliphatic heterocycles. The van der Waals surface area contributed by atoms with E-state index in [9.17, 15) is 5.26 Å². The largest absolute Gasteiger partial charge is 0.467 e. The van der Waals surface area contributed by atoms with Crippen LogP contribution in [0.15, 0.2) is 22.9 Å². The van der Waals surface area contributed by atoms with Gasteiger partial charge in [-0.2, -0.15) is 5.26 Å². The van der Waals surface area contributed by atoms with Crippen LogP contribution in [-0.2, 0) is 0 Å². The predicted molar refractivity (Wildman–Crippen MR) is 86.5 cm³/mol. The molecule has 0 atom stereocenters. The van der Waals surface area contributed by atoms with Crippen molar-refractivity contribution in [3.8, 4) is 11.3 Å². The second kappa shape index (κ2) is 6.94. The molecule has 6 nitrogen and oxygen atoms in total. The first-order valence-electron chi connectivity index (χ1n) is 6.92. The van der Waals surface area contributed by atoms with Crippen molar-refractivity contribution < 1.29 is 4.74 Å². The normalized spacial score (nSPS) is 15.5. The number of thiazole rings is 1. The molecule has 8 heteroatoms. The van der Waals surface area contributed by atoms with Crippen LogP contribution in [0.5, 0.6) is 5.19 Å². The fourth-order valence-electron chi connectivity index (χ4n) is 2.37. The highest BCUT2D eigenvalue weighted by Gasteiger charge is 2.24. The van der Waals surface area contributed by atoms with Gasteiger partial charge in [-0.25, -0.2) is 15.0 Å². The molecule has 2 aromatic heterocycles. The minimum Gasteiger partial charge on any atom is -0.467 e. The number of piperidine rings is 1. The monoisotopic (exact) mass is 333 g/mol. The van der Waals surface area contributed by atoms with E-state index >= 15 is 0 Å². The third kappa shape index (κ3) is 3.31. The molecule has 1 aliphatic rings. The highest BCUT2D eigenvalue weighted by atomic mass is 32.2. The standard InChI is InChI=1S/C14H15N5OS2/c1-21-13-17-9-10(8-15)12(18-13)19-5-2-11(3-6-19)20-14-16-4-7-22-14/h4,7,9,11H,2-3,5-6H2,1H3. The van der Waals surface area contributed by atoms with E-state index in [-0.39, 0.29) is 6.10 Å². The Morgan fingerprint density at radius 3 is 2.86 bits per heavy atom. The lowest BCUT2D eigenvalue weighted by Crippen LogP contribution is -2.39. The Hall–Kier alpha value is -1.85. The van der Waals surface area contributed by atoms with E-state index in [4.69, 9.17) is 4.74 Å². The van der Waals surface area contributed by atoms with Gasteiger partial charge in [0.15, 0.2) is 11.0 Å². The molecule has 0 aliphatic carbocycles. The minimum atomic E-state index is 0.176. The maximum atomic E-state index is 9.24. The van der Waals surface area contributed by atoms with E-state index in [1.54, 1.807) is 12.4 Å². The molecule has 0 radical (unpaired) electrons. The summed E-state index contributed by atoms with van der Waals surface area (Å²) >= 11 is 2.99. The average molecular weight is 333 g/mol. The fourth-order valence-corrected chi connectivity index (χ4v) is 3.26. The van der Waals surface area contributed by atoms with Crippen molar-refractivity contribution in [3.63, 3.8) is 0 Å². The summed E-state index contributed by atoms with van der Waals surface area (Å²) in [6.07, 6.45) is 7.24. The van der Waals surface area contributed by atoms with Crippen molar-refractivity contribution in [3.05, 3.63) is 23.3 Å². The van der Waals surface area contributed by atoms with Gasteiger partial charge in [-0.3, -0.25) is 0 Å². The molecule has 3 rings (SSSR count). The molecular formula is C14H15N5OS2. The van der Waals surface area contributed by atoms with Gasteiger partial charge in [0.1, 0.15) is 17.7 Å². The first kappa shape index (κ1) is 15.1. The highest BCUT2D eigenvalue weighted by molar-refractivity contribution is 7.98. The van der Waals surface area contributed by atoms with Crippen LogP contribution in [-0.4, -0.2) is 40.4 Å². The third-order valence-electron chi connectivity index (χ3n) is 3.47. The molecule has 22 heavy (non-hydrogen) atoms. The zero-order valence-electron chi connectivity index (χ0n) is 12.1. The van der Waals surface area contributed by atoms with E-state index in [1.807, 2.05) is 11.6 Å². The first-order chi connectivity index (χ1) is 10.8. The molecule has 0 spiro atoms. The summed E-state index contributed by atoms with van der Waals surface area (Å²) in [5.74, 6) is 0.731. The van der Waals surface area contributed by atoms with Gasteiger partial charge in [0.2, 0.25) is 0 Å². The van der Waals surface area contributed by atoms with Gasteiger partial charge >= 0.3 is 0 Å². The number of ether oxygens (including phenoxy) is 1. The lowest BCUT2D eigenvalue weighted by molar-refractivity contribution is 0.170. The second-order valence-corrected chi connectivity index (χ2v) is 6.44. The van der Waals surface area contributed by atoms with Gasteiger partial charge in [0.25, 0.3) is 5.19 Å². The van der Waals surface area contributed by atoms with Gasteiger partial charge in [0.05, 0.1) is 6.20 Å². The maximum Gasteiger partial charge on any atom is 0.273 e. The van der Waals surface area contributed by atoms with Crippen molar-refractivity contribution in [1.29, 1.82) is 5.26 Å². The quantitative estimate of drug-likeness (QED) is 0.629. The first-order valence-corrected chi connectivity index (χ1v) is 9.03. The number of nitriles is 1. The summed E-state index contributed by atoms with van der Waals surface area (Å²) in [6.45, 7) is 1.63. The maximum absolute atomic E-state index is 9.24. The van der Waals surface area contributed by atoms with Crippen molar-refractivity contribution in [1.82, 2.24) is 15.0 Å². The molecule has 0 bridgehead atoms. The Labute approximate surface area is 137 Å². The van der Waals surface area contributed by atoms with Crippen LogP contribution in [0.4, 0.5) is 5.82 Å². The Bertz CT molecular complexity index is 662. The van der Waals surface area contributed by atoms with Crippen molar-refractivity contribution in [2.45, 2.75) is 24.1 Å². The van der Waals surface area contributed by atoms with Crippen LogP contribution in [0, 0.1) is 11.3 Å². The van der Waals surface area contributed by atoms with E-state index in [2.05, 4.69) is 25.9 Å². The minimum absolute atomic E-state index is 0.176. The number of anilines is 1. The number of hydrogen-bond donors (Lipinski definition) is 0. The SMILES string of the molecule is CSc1ncc(C#N)c(N2CCC(Oc3nccs3)CC2)n1. The topological polar surface area (TPSA) is 74.9 Å². The zero-order valence-corrected chi connectivity index (χ0v) is 13.7. The lowest BCUT2D eigenvalue weighted by Gasteiger charge is -2.32. The molecule has 0 amide bonds. The van der Waals surface area contributed by atoms with Gasteiger partial charge < -0.3 is 9.64 Å². The smallest absolute Gasteiger partial charge is 0.273 e. The Kier molecular flexibility index (Phi) is 4.75. The molecule has 0 aromatic carbocycles. The van der Waals surface area contributed by atoms with Crippen molar-refractivity contribution >= 4 is 28.9 Å². The van der Waals surface area contributed by atoms with E-state index < -0.39 is 0 Å². The molecule has 2 aromatic rings. The van der Waals surface area contributed by atoms with Gasteiger partial charge in [-0.15, -0.1) is 0 Å². The molecule has 0 unspecified atom stereocenters. The van der Waals surface area contributed by atoms with Crippen LogP contribution >= 0.6 is 23.1 Å². The summed E-state index contributed by atoms with van der Waals surface area (Å²) < 4.78 is 5.86. The summed E-state index contributed by atoms with van der Waals surface area (Å²) in [4.78, 5) is 14.9. The molecule has 0 N–H and O–H groups in total. The molecule has 0 saturated carbocycles. The summed E-state index contributed by atoms with van der Waals surface area (Å²) in [7, 11) is 0. The molecule has 3 heterocycles. The van der Waals surface area contributed by atoms with Crippen LogP contribution < -0.4 is 9.64 Å². The summed E-state index contributed by atoms with van der Waals surface area (Å²) in [6, 6.07) is 2.18. The van der Waals surface area contributed by atoms with E-state index in [0.717, 1.165) is 36.9 Å². The lowest BCUT2D eigenvalue weighted by atomic mass is 10.1. The average Bonchev–Trinajstić information content (AvgIpc) is 3.08. The Balaban J connectivity index is 1.67. The number of nitrogens with zero attached hydrogens (tertiary/aromatic N) is 5. The van der Waals surface area contributed by atoms with Crippen LogP contribution in [0.3, 0.4) is 0 Å². The Morgan fingerprint density at radius 2 is 2.23 bits per heavy atom. The van der Waals surface area contributed by atoms with Gasteiger partial charge in [-0.1, -0.05) is 23.1 Å². The fraction of sp³-hybridized carbons (Fsp3) is 0.429. The van der Waals surface area contributed by atoms with E-state index in [0.29, 0.717) is 10.7 Å². The number of hydrogen-bond acceptors (Lipinski definition) is 8. The predicted octanol–water partition coefficient (Wildman–Crippen LogP) is 2.57. The number of rotatable bonds is 4. The van der Waals surface area contributed by atoms with Gasteiger partial charge in [0, 0.05) is 37.5 Å². The van der Waals surface area contributed by atoms with Crippen molar-refractivity contribution in [2.24, 2.45) is 0 Å². The van der Waals surface area contributed by atoms with Crippen LogP contribution in [0.25, 0.3) is 0 Å². The van der Waals surface area contributed by atoms with E-state index in [1.165, 1.54) is 23.1 Å². The zero-order chi connectivity index (χ0) is 15.4. The molecular weight excluding hydrogens is 318 g/mol. The summed E-state index contributed by atoms with van der Waals surface area (Å²) in [5, 5.41) is 12.6. The molecule has 1 fully saturated rings. The highest BCUT2D eigenvalue weighted by Crippen LogP contribution is 2.26. The van der Waals surface area contributed by atoms with Crippen LogP contribution in [0.2, 0.25) is 0 Å². The molecule has 1 saturated heterocycles. The third-order valence-corrected chi connectivity index (χ3v) is 4.69. The van der Waals surface area contributed by atoms with Gasteiger partial charge in [-0.05, 0) is 6.26 Å².